The normalized spacial score (nSPS) is 17.9. The van der Waals surface area contributed by atoms with E-state index in [-0.39, 0.29) is 0 Å². The third-order valence-electron chi connectivity index (χ3n) is 3.31. The van der Waals surface area contributed by atoms with Crippen LogP contribution in [-0.2, 0) is 6.42 Å². The number of nitriles is 1. The minimum absolute atomic E-state index is 0.436. The Morgan fingerprint density at radius 2 is 2.30 bits per heavy atom. The van der Waals surface area contributed by atoms with Crippen molar-refractivity contribution in [1.29, 1.82) is 5.26 Å². The van der Waals surface area contributed by atoms with Crippen molar-refractivity contribution in [3.8, 4) is 6.07 Å². The number of nitrogens with zero attached hydrogens (tertiary/aromatic N) is 2. The first-order chi connectivity index (χ1) is 9.62. The fourth-order valence-corrected chi connectivity index (χ4v) is 3.31. The quantitative estimate of drug-likeness (QED) is 0.908. The Balaban J connectivity index is 2.09. The molecule has 1 aromatic rings. The van der Waals surface area contributed by atoms with E-state index in [1.54, 1.807) is 11.8 Å². The van der Waals surface area contributed by atoms with Gasteiger partial charge in [0.05, 0.1) is 17.7 Å². The smallest absolute Gasteiger partial charge is 0.161 e. The van der Waals surface area contributed by atoms with Crippen LogP contribution in [0.3, 0.4) is 0 Å². The zero-order chi connectivity index (χ0) is 14.5. The summed E-state index contributed by atoms with van der Waals surface area (Å²) in [5.74, 6) is 1.75. The number of anilines is 1. The SMILES string of the molecule is CCc1cc(C#N)ccc1NC1=NC(CC(C)C)CS1. The number of nitrogens with one attached hydrogen (secondary N) is 1. The van der Waals surface area contributed by atoms with Gasteiger partial charge in [-0.05, 0) is 42.5 Å². The van der Waals surface area contributed by atoms with Crippen molar-refractivity contribution in [3.05, 3.63) is 29.3 Å². The Bertz CT molecular complexity index is 543. The van der Waals surface area contributed by atoms with E-state index in [0.29, 0.717) is 17.5 Å². The summed E-state index contributed by atoms with van der Waals surface area (Å²) >= 11 is 1.79. The van der Waals surface area contributed by atoms with E-state index >= 15 is 0 Å². The predicted molar refractivity (Wildman–Crippen MR) is 87.3 cm³/mol. The average molecular weight is 287 g/mol. The van der Waals surface area contributed by atoms with Gasteiger partial charge in [0.1, 0.15) is 0 Å². The summed E-state index contributed by atoms with van der Waals surface area (Å²) in [5, 5.41) is 13.4. The molecule has 1 heterocycles. The molecule has 0 radical (unpaired) electrons. The number of benzene rings is 1. The van der Waals surface area contributed by atoms with Gasteiger partial charge in [-0.3, -0.25) is 4.99 Å². The summed E-state index contributed by atoms with van der Waals surface area (Å²) in [6, 6.07) is 8.41. The lowest BCUT2D eigenvalue weighted by Crippen LogP contribution is -2.09. The largest absolute Gasteiger partial charge is 0.335 e. The summed E-state index contributed by atoms with van der Waals surface area (Å²) in [7, 11) is 0. The Labute approximate surface area is 125 Å². The van der Waals surface area contributed by atoms with Gasteiger partial charge in [-0.25, -0.2) is 0 Å². The van der Waals surface area contributed by atoms with Gasteiger partial charge in [0.2, 0.25) is 0 Å². The molecule has 1 unspecified atom stereocenters. The molecule has 0 aliphatic carbocycles. The zero-order valence-corrected chi connectivity index (χ0v) is 13.1. The number of aliphatic imine (C=N–C) groups is 1. The van der Waals surface area contributed by atoms with Crippen molar-refractivity contribution in [2.45, 2.75) is 39.7 Å². The summed E-state index contributed by atoms with van der Waals surface area (Å²) in [4.78, 5) is 4.74. The van der Waals surface area contributed by atoms with Gasteiger partial charge in [-0.2, -0.15) is 5.26 Å². The van der Waals surface area contributed by atoms with E-state index in [2.05, 4.69) is 32.2 Å². The zero-order valence-electron chi connectivity index (χ0n) is 12.3. The average Bonchev–Trinajstić information content (AvgIpc) is 2.85. The molecule has 0 saturated heterocycles. The van der Waals surface area contributed by atoms with Crippen molar-refractivity contribution in [2.24, 2.45) is 10.9 Å². The third-order valence-corrected chi connectivity index (χ3v) is 4.34. The van der Waals surface area contributed by atoms with Gasteiger partial charge in [0, 0.05) is 11.4 Å². The second-order valence-electron chi connectivity index (χ2n) is 5.49. The molecule has 2 rings (SSSR count). The molecule has 0 saturated carbocycles. The fraction of sp³-hybridized carbons (Fsp3) is 0.500. The number of thioether (sulfide) groups is 1. The maximum atomic E-state index is 8.95. The maximum Gasteiger partial charge on any atom is 0.161 e. The number of amidine groups is 1. The molecule has 3 nitrogen and oxygen atoms in total. The first-order valence-electron chi connectivity index (χ1n) is 7.13. The molecule has 1 N–H and O–H groups in total. The summed E-state index contributed by atoms with van der Waals surface area (Å²) < 4.78 is 0. The standard InChI is InChI=1S/C16H21N3S/c1-4-13-8-12(9-17)5-6-15(13)19-16-18-14(10-20-16)7-11(2)3/h5-6,8,11,14H,4,7,10H2,1-3H3,(H,18,19). The highest BCUT2D eigenvalue weighted by molar-refractivity contribution is 8.14. The molecule has 0 aromatic heterocycles. The van der Waals surface area contributed by atoms with Crippen molar-refractivity contribution in [1.82, 2.24) is 0 Å². The van der Waals surface area contributed by atoms with Crippen molar-refractivity contribution >= 4 is 22.6 Å². The van der Waals surface area contributed by atoms with Gasteiger partial charge in [0.15, 0.2) is 5.17 Å². The fourth-order valence-electron chi connectivity index (χ4n) is 2.34. The van der Waals surface area contributed by atoms with E-state index in [4.69, 9.17) is 10.3 Å². The van der Waals surface area contributed by atoms with Crippen LogP contribution in [0.25, 0.3) is 0 Å². The van der Waals surface area contributed by atoms with Crippen molar-refractivity contribution in [2.75, 3.05) is 11.1 Å². The Morgan fingerprint density at radius 1 is 1.50 bits per heavy atom. The molecule has 1 aliphatic heterocycles. The number of hydrogen-bond acceptors (Lipinski definition) is 4. The lowest BCUT2D eigenvalue weighted by Gasteiger charge is -2.10. The third kappa shape index (κ3) is 3.77. The van der Waals surface area contributed by atoms with Gasteiger partial charge in [-0.15, -0.1) is 0 Å². The minimum Gasteiger partial charge on any atom is -0.335 e. The highest BCUT2D eigenvalue weighted by Gasteiger charge is 2.19. The first kappa shape index (κ1) is 14.9. The Morgan fingerprint density at radius 3 is 2.95 bits per heavy atom. The summed E-state index contributed by atoms with van der Waals surface area (Å²) in [6.45, 7) is 6.58. The van der Waals surface area contributed by atoms with Crippen LogP contribution in [-0.4, -0.2) is 17.0 Å². The van der Waals surface area contributed by atoms with Crippen LogP contribution in [0.2, 0.25) is 0 Å². The number of hydrogen-bond donors (Lipinski definition) is 1. The summed E-state index contributed by atoms with van der Waals surface area (Å²) in [5.41, 5.74) is 2.95. The molecule has 1 aromatic carbocycles. The summed E-state index contributed by atoms with van der Waals surface area (Å²) in [6.07, 6.45) is 2.05. The van der Waals surface area contributed by atoms with Crippen LogP contribution >= 0.6 is 11.8 Å². The monoisotopic (exact) mass is 287 g/mol. The lowest BCUT2D eigenvalue weighted by molar-refractivity contribution is 0.529. The first-order valence-corrected chi connectivity index (χ1v) is 8.11. The van der Waals surface area contributed by atoms with Crippen LogP contribution in [0.1, 0.15) is 38.3 Å². The van der Waals surface area contributed by atoms with Gasteiger partial charge < -0.3 is 5.32 Å². The molecule has 0 spiro atoms. The van der Waals surface area contributed by atoms with Gasteiger partial charge in [0.25, 0.3) is 0 Å². The van der Waals surface area contributed by atoms with E-state index in [0.717, 1.165) is 29.4 Å². The molecule has 106 valence electrons. The Kier molecular flexibility index (Phi) is 5.08. The molecule has 0 bridgehead atoms. The molecular formula is C16H21N3S. The maximum absolute atomic E-state index is 8.95. The van der Waals surface area contributed by atoms with Crippen molar-refractivity contribution in [3.63, 3.8) is 0 Å². The van der Waals surface area contributed by atoms with Gasteiger partial charge in [-0.1, -0.05) is 32.5 Å². The molecule has 0 fully saturated rings. The molecule has 1 aliphatic rings. The van der Waals surface area contributed by atoms with Crippen LogP contribution in [0, 0.1) is 17.2 Å². The van der Waals surface area contributed by atoms with E-state index < -0.39 is 0 Å². The second kappa shape index (κ2) is 6.81. The Hall–Kier alpha value is -1.47. The second-order valence-corrected chi connectivity index (χ2v) is 6.50. The lowest BCUT2D eigenvalue weighted by atomic mass is 10.1. The highest BCUT2D eigenvalue weighted by atomic mass is 32.2. The van der Waals surface area contributed by atoms with E-state index in [9.17, 15) is 0 Å². The number of aryl methyl sites for hydroxylation is 1. The predicted octanol–water partition coefficient (Wildman–Crippen LogP) is 4.05. The van der Waals surface area contributed by atoms with Crippen LogP contribution < -0.4 is 5.32 Å². The van der Waals surface area contributed by atoms with Crippen LogP contribution in [0.4, 0.5) is 5.69 Å². The number of rotatable bonds is 4. The molecule has 20 heavy (non-hydrogen) atoms. The minimum atomic E-state index is 0.436. The molecule has 1 atom stereocenters. The topological polar surface area (TPSA) is 48.2 Å². The van der Waals surface area contributed by atoms with Crippen molar-refractivity contribution < 1.29 is 0 Å². The molecule has 4 heteroatoms. The highest BCUT2D eigenvalue weighted by Crippen LogP contribution is 2.26. The molecule has 0 amide bonds. The van der Waals surface area contributed by atoms with Crippen LogP contribution in [0.5, 0.6) is 0 Å². The van der Waals surface area contributed by atoms with E-state index in [1.807, 2.05) is 18.2 Å². The van der Waals surface area contributed by atoms with E-state index in [1.165, 1.54) is 5.56 Å². The van der Waals surface area contributed by atoms with Gasteiger partial charge >= 0.3 is 0 Å². The van der Waals surface area contributed by atoms with Crippen LogP contribution in [0.15, 0.2) is 23.2 Å². The molecular weight excluding hydrogens is 266 g/mol.